The minimum atomic E-state index is -0.522. The number of methoxy groups -OCH3 is 1. The molecule has 4 rings (SSSR count). The fourth-order valence-corrected chi connectivity index (χ4v) is 3.70. The predicted molar refractivity (Wildman–Crippen MR) is 113 cm³/mol. The maximum Gasteiger partial charge on any atom is 0.271 e. The van der Waals surface area contributed by atoms with Crippen LogP contribution in [-0.4, -0.2) is 22.9 Å². The Bertz CT molecular complexity index is 1220. The largest absolute Gasteiger partial charge is 0.495 e. The Hall–Kier alpha value is -3.78. The second-order valence-corrected chi connectivity index (χ2v) is 7.09. The van der Waals surface area contributed by atoms with Crippen molar-refractivity contribution in [2.75, 3.05) is 12.4 Å². The van der Waals surface area contributed by atoms with Crippen molar-refractivity contribution < 1.29 is 14.5 Å². The van der Waals surface area contributed by atoms with Crippen LogP contribution in [-0.2, 0) is 0 Å². The number of carbonyl (C=O) groups excluding carboxylic acids is 1. The van der Waals surface area contributed by atoms with E-state index in [1.165, 1.54) is 36.6 Å². The number of fused-ring (bicyclic) bond motifs is 1. The van der Waals surface area contributed by atoms with Crippen molar-refractivity contribution in [3.63, 3.8) is 0 Å². The third-order valence-electron chi connectivity index (χ3n) is 4.38. The highest BCUT2D eigenvalue weighted by molar-refractivity contribution is 7.13. The van der Waals surface area contributed by atoms with E-state index in [-0.39, 0.29) is 11.4 Å². The summed E-state index contributed by atoms with van der Waals surface area (Å²) in [5, 5.41) is 16.5. The number of ether oxygens (including phenoxy) is 1. The number of non-ortho nitro benzene ring substituents is 1. The first-order chi connectivity index (χ1) is 14.1. The summed E-state index contributed by atoms with van der Waals surface area (Å²) in [6.45, 7) is 0. The van der Waals surface area contributed by atoms with Gasteiger partial charge in [0.2, 0.25) is 0 Å². The first-order valence-corrected chi connectivity index (χ1v) is 9.52. The molecule has 0 fully saturated rings. The van der Waals surface area contributed by atoms with E-state index in [0.717, 1.165) is 4.88 Å². The van der Waals surface area contributed by atoms with Gasteiger partial charge < -0.3 is 10.1 Å². The normalized spacial score (nSPS) is 10.7. The van der Waals surface area contributed by atoms with E-state index in [4.69, 9.17) is 4.74 Å². The van der Waals surface area contributed by atoms with Crippen LogP contribution in [0.15, 0.2) is 66.0 Å². The van der Waals surface area contributed by atoms with Gasteiger partial charge in [0.15, 0.2) is 0 Å². The number of amides is 1. The molecule has 0 radical (unpaired) electrons. The van der Waals surface area contributed by atoms with E-state index < -0.39 is 10.8 Å². The number of nitro groups is 1. The third kappa shape index (κ3) is 3.65. The molecular formula is C21H15N3O4S. The lowest BCUT2D eigenvalue weighted by Crippen LogP contribution is -2.14. The van der Waals surface area contributed by atoms with Gasteiger partial charge in [-0.15, -0.1) is 11.3 Å². The molecular weight excluding hydrogens is 390 g/mol. The molecule has 144 valence electrons. The lowest BCUT2D eigenvalue weighted by Gasteiger charge is -2.12. The molecule has 0 atom stereocenters. The fourth-order valence-electron chi connectivity index (χ4n) is 3.01. The summed E-state index contributed by atoms with van der Waals surface area (Å²) in [6, 6.07) is 17.0. The smallest absolute Gasteiger partial charge is 0.271 e. The molecule has 0 spiro atoms. The summed E-state index contributed by atoms with van der Waals surface area (Å²) in [5.41, 5.74) is 1.89. The second kappa shape index (κ2) is 7.69. The van der Waals surface area contributed by atoms with Gasteiger partial charge >= 0.3 is 0 Å². The average molecular weight is 405 g/mol. The van der Waals surface area contributed by atoms with Gasteiger partial charge in [-0.25, -0.2) is 4.98 Å². The minimum Gasteiger partial charge on any atom is -0.495 e. The number of hydrogen-bond acceptors (Lipinski definition) is 6. The first kappa shape index (κ1) is 18.6. The zero-order valence-electron chi connectivity index (χ0n) is 15.3. The van der Waals surface area contributed by atoms with Gasteiger partial charge in [-0.3, -0.25) is 14.9 Å². The molecule has 2 heterocycles. The Balaban J connectivity index is 1.80. The van der Waals surface area contributed by atoms with Crippen LogP contribution < -0.4 is 10.1 Å². The SMILES string of the molecule is COc1ccc([N+](=O)[O-])cc1NC(=O)c1cc(-c2cccs2)nc2ccccc12. The maximum absolute atomic E-state index is 13.1. The highest BCUT2D eigenvalue weighted by atomic mass is 32.1. The van der Waals surface area contributed by atoms with Crippen LogP contribution >= 0.6 is 11.3 Å². The van der Waals surface area contributed by atoms with Crippen molar-refractivity contribution in [1.29, 1.82) is 0 Å². The summed E-state index contributed by atoms with van der Waals surface area (Å²) in [6.07, 6.45) is 0. The summed E-state index contributed by atoms with van der Waals surface area (Å²) >= 11 is 1.53. The molecule has 4 aromatic rings. The van der Waals surface area contributed by atoms with Gasteiger partial charge in [-0.2, -0.15) is 0 Å². The van der Waals surface area contributed by atoms with E-state index >= 15 is 0 Å². The van der Waals surface area contributed by atoms with Crippen molar-refractivity contribution in [3.8, 4) is 16.3 Å². The number of anilines is 1. The van der Waals surface area contributed by atoms with Crippen molar-refractivity contribution in [3.05, 3.63) is 81.7 Å². The third-order valence-corrected chi connectivity index (χ3v) is 5.27. The lowest BCUT2D eigenvalue weighted by molar-refractivity contribution is -0.384. The van der Waals surface area contributed by atoms with Crippen molar-refractivity contribution in [1.82, 2.24) is 4.98 Å². The molecule has 0 saturated carbocycles. The Morgan fingerprint density at radius 2 is 1.97 bits per heavy atom. The summed E-state index contributed by atoms with van der Waals surface area (Å²) < 4.78 is 5.24. The Morgan fingerprint density at radius 1 is 1.14 bits per heavy atom. The zero-order valence-corrected chi connectivity index (χ0v) is 16.1. The molecule has 29 heavy (non-hydrogen) atoms. The van der Waals surface area contributed by atoms with Gasteiger partial charge in [0.05, 0.1) is 39.4 Å². The monoisotopic (exact) mass is 405 g/mol. The van der Waals surface area contributed by atoms with Gasteiger partial charge in [0.1, 0.15) is 5.75 Å². The molecule has 2 aromatic carbocycles. The summed E-state index contributed by atoms with van der Waals surface area (Å²) in [5.74, 6) is -0.0685. The molecule has 2 aromatic heterocycles. The van der Waals surface area contributed by atoms with E-state index in [0.29, 0.717) is 27.9 Å². The Morgan fingerprint density at radius 3 is 2.69 bits per heavy atom. The number of nitrogens with one attached hydrogen (secondary N) is 1. The number of nitrogens with zero attached hydrogens (tertiary/aromatic N) is 2. The van der Waals surface area contributed by atoms with E-state index in [9.17, 15) is 14.9 Å². The molecule has 1 amide bonds. The number of nitro benzene ring substituents is 1. The highest BCUT2D eigenvalue weighted by Crippen LogP contribution is 2.31. The molecule has 8 heteroatoms. The van der Waals surface area contributed by atoms with E-state index in [1.54, 1.807) is 6.07 Å². The summed E-state index contributed by atoms with van der Waals surface area (Å²) in [7, 11) is 1.44. The van der Waals surface area contributed by atoms with Crippen molar-refractivity contribution in [2.45, 2.75) is 0 Å². The number of hydrogen-bond donors (Lipinski definition) is 1. The number of carbonyl (C=O) groups is 1. The number of rotatable bonds is 5. The van der Waals surface area contributed by atoms with Crippen molar-refractivity contribution >= 4 is 39.5 Å². The van der Waals surface area contributed by atoms with Crippen LogP contribution in [0.4, 0.5) is 11.4 Å². The second-order valence-electron chi connectivity index (χ2n) is 6.15. The molecule has 0 aliphatic carbocycles. The number of pyridine rings is 1. The number of aromatic nitrogens is 1. The highest BCUT2D eigenvalue weighted by Gasteiger charge is 2.18. The van der Waals surface area contributed by atoms with Crippen LogP contribution in [0.1, 0.15) is 10.4 Å². The molecule has 0 saturated heterocycles. The molecule has 0 aliphatic heterocycles. The van der Waals surface area contributed by atoms with Gasteiger partial charge in [0, 0.05) is 17.5 Å². The predicted octanol–water partition coefficient (Wildman–Crippen LogP) is 5.13. The van der Waals surface area contributed by atoms with E-state index in [1.807, 2.05) is 41.8 Å². The van der Waals surface area contributed by atoms with Crippen LogP contribution in [0.2, 0.25) is 0 Å². The van der Waals surface area contributed by atoms with E-state index in [2.05, 4.69) is 10.3 Å². The standard InChI is InChI=1S/C21H15N3O4S/c1-28-19-9-8-13(24(26)27)11-17(19)23-21(25)15-12-18(20-7-4-10-29-20)22-16-6-3-2-5-14(15)16/h2-12H,1H3,(H,23,25). The van der Waals surface area contributed by atoms with Gasteiger partial charge in [0.25, 0.3) is 11.6 Å². The minimum absolute atomic E-state index is 0.139. The number of para-hydroxylation sites is 1. The first-order valence-electron chi connectivity index (χ1n) is 8.64. The van der Waals surface area contributed by atoms with Crippen LogP contribution in [0.3, 0.4) is 0 Å². The van der Waals surface area contributed by atoms with Crippen LogP contribution in [0.25, 0.3) is 21.5 Å². The Labute approximate surface area is 169 Å². The maximum atomic E-state index is 13.1. The lowest BCUT2D eigenvalue weighted by atomic mass is 10.1. The summed E-state index contributed by atoms with van der Waals surface area (Å²) in [4.78, 5) is 29.3. The van der Waals surface area contributed by atoms with Gasteiger partial charge in [-0.1, -0.05) is 24.3 Å². The zero-order chi connectivity index (χ0) is 20.4. The molecule has 7 nitrogen and oxygen atoms in total. The molecule has 1 N–H and O–H groups in total. The van der Waals surface area contributed by atoms with Crippen LogP contribution in [0, 0.1) is 10.1 Å². The fraction of sp³-hybridized carbons (Fsp3) is 0.0476. The topological polar surface area (TPSA) is 94.4 Å². The molecule has 0 bridgehead atoms. The Kier molecular flexibility index (Phi) is 4.92. The average Bonchev–Trinajstić information content (AvgIpc) is 3.27. The molecule has 0 aliphatic rings. The quantitative estimate of drug-likeness (QED) is 0.367. The van der Waals surface area contributed by atoms with Gasteiger partial charge in [-0.05, 0) is 29.6 Å². The number of benzene rings is 2. The number of thiophene rings is 1. The van der Waals surface area contributed by atoms with Crippen LogP contribution in [0.5, 0.6) is 5.75 Å². The molecule has 0 unspecified atom stereocenters. The van der Waals surface area contributed by atoms with Crippen molar-refractivity contribution in [2.24, 2.45) is 0 Å².